The lowest BCUT2D eigenvalue weighted by molar-refractivity contribution is -0.140. The Kier molecular flexibility index (Phi) is 8.97. The maximum atomic E-state index is 13.6. The highest BCUT2D eigenvalue weighted by Crippen LogP contribution is 2.21. The number of hydrogen-bond acceptors (Lipinski definition) is 4. The van der Waals surface area contributed by atoms with Gasteiger partial charge in [0.2, 0.25) is 21.8 Å². The molecule has 1 aliphatic rings. The lowest BCUT2D eigenvalue weighted by atomic mass is 10.1. The van der Waals surface area contributed by atoms with Gasteiger partial charge in [0.1, 0.15) is 12.6 Å². The van der Waals surface area contributed by atoms with E-state index in [-0.39, 0.29) is 18.5 Å². The van der Waals surface area contributed by atoms with Crippen LogP contribution in [0.3, 0.4) is 0 Å². The van der Waals surface area contributed by atoms with Crippen LogP contribution in [0.4, 0.5) is 5.69 Å². The SMILES string of the molecule is CC[C@@H](C(=O)NC1CCCC1)N(Cc1ccc(Cl)cc1)C(=O)CN(c1ccccc1)S(C)(=O)=O. The van der Waals surface area contributed by atoms with Crippen molar-refractivity contribution in [3.8, 4) is 0 Å². The molecule has 9 heteroatoms. The van der Waals surface area contributed by atoms with Crippen molar-refractivity contribution < 1.29 is 18.0 Å². The fourth-order valence-corrected chi connectivity index (χ4v) is 5.26. The molecule has 0 unspecified atom stereocenters. The minimum atomic E-state index is -3.73. The number of benzene rings is 2. The largest absolute Gasteiger partial charge is 0.352 e. The molecule has 7 nitrogen and oxygen atoms in total. The molecule has 2 aromatic rings. The predicted octanol–water partition coefficient (Wildman–Crippen LogP) is 3.97. The quantitative estimate of drug-likeness (QED) is 0.529. The van der Waals surface area contributed by atoms with E-state index in [0.717, 1.165) is 41.8 Å². The maximum Gasteiger partial charge on any atom is 0.244 e. The third-order valence-electron chi connectivity index (χ3n) is 6.08. The van der Waals surface area contributed by atoms with Gasteiger partial charge >= 0.3 is 0 Å². The summed E-state index contributed by atoms with van der Waals surface area (Å²) in [6.45, 7) is 1.62. The van der Waals surface area contributed by atoms with Crippen LogP contribution in [-0.2, 0) is 26.2 Å². The van der Waals surface area contributed by atoms with Gasteiger partial charge in [0.15, 0.2) is 0 Å². The van der Waals surface area contributed by atoms with Crippen LogP contribution in [0.2, 0.25) is 5.02 Å². The molecule has 1 N–H and O–H groups in total. The highest BCUT2D eigenvalue weighted by Gasteiger charge is 2.32. The molecule has 1 fully saturated rings. The Morgan fingerprint density at radius 1 is 1.06 bits per heavy atom. The Balaban J connectivity index is 1.89. The Morgan fingerprint density at radius 3 is 2.24 bits per heavy atom. The second-order valence-electron chi connectivity index (χ2n) is 8.67. The summed E-state index contributed by atoms with van der Waals surface area (Å²) < 4.78 is 26.2. The molecule has 0 saturated heterocycles. The van der Waals surface area contributed by atoms with Gasteiger partial charge in [-0.05, 0) is 49.1 Å². The van der Waals surface area contributed by atoms with Crippen LogP contribution in [0.15, 0.2) is 54.6 Å². The van der Waals surface area contributed by atoms with Gasteiger partial charge in [0.05, 0.1) is 11.9 Å². The number of carbonyl (C=O) groups is 2. The standard InChI is InChI=1S/C25H32ClN3O4S/c1-3-23(25(31)27-21-9-7-8-10-21)28(17-19-13-15-20(26)16-14-19)24(30)18-29(34(2,32)33)22-11-5-4-6-12-22/h4-6,11-16,21,23H,3,7-10,17-18H2,1-2H3,(H,27,31)/t23-/m0/s1. The molecule has 1 atom stereocenters. The molecule has 184 valence electrons. The van der Waals surface area contributed by atoms with Crippen LogP contribution in [-0.4, -0.2) is 50.0 Å². The highest BCUT2D eigenvalue weighted by atomic mass is 35.5. The number of anilines is 1. The molecule has 0 aromatic heterocycles. The van der Waals surface area contributed by atoms with Gasteiger partial charge in [-0.25, -0.2) is 8.42 Å². The third kappa shape index (κ3) is 6.96. The van der Waals surface area contributed by atoms with Crippen molar-refractivity contribution in [1.29, 1.82) is 0 Å². The molecule has 2 aromatic carbocycles. The first-order valence-corrected chi connectivity index (χ1v) is 13.8. The van der Waals surface area contributed by atoms with E-state index in [0.29, 0.717) is 17.1 Å². The van der Waals surface area contributed by atoms with E-state index in [1.807, 2.05) is 6.92 Å². The number of nitrogens with zero attached hydrogens (tertiary/aromatic N) is 2. The Bertz CT molecular complexity index is 1070. The van der Waals surface area contributed by atoms with E-state index in [1.165, 1.54) is 4.90 Å². The van der Waals surface area contributed by atoms with Crippen molar-refractivity contribution in [2.45, 2.75) is 57.7 Å². The summed E-state index contributed by atoms with van der Waals surface area (Å²) in [6, 6.07) is 14.9. The van der Waals surface area contributed by atoms with Crippen molar-refractivity contribution in [2.75, 3.05) is 17.1 Å². The molecule has 0 heterocycles. The van der Waals surface area contributed by atoms with Gasteiger partial charge in [0, 0.05) is 17.6 Å². The van der Waals surface area contributed by atoms with Crippen LogP contribution < -0.4 is 9.62 Å². The molecule has 0 bridgehead atoms. The zero-order chi connectivity index (χ0) is 24.7. The van der Waals surface area contributed by atoms with Gasteiger partial charge in [-0.3, -0.25) is 13.9 Å². The fourth-order valence-electron chi connectivity index (χ4n) is 4.28. The predicted molar refractivity (Wildman–Crippen MR) is 135 cm³/mol. The normalized spacial score (nSPS) is 15.0. The van der Waals surface area contributed by atoms with Crippen LogP contribution in [0.5, 0.6) is 0 Å². The van der Waals surface area contributed by atoms with E-state index >= 15 is 0 Å². The van der Waals surface area contributed by atoms with Gasteiger partial charge in [0.25, 0.3) is 0 Å². The minimum absolute atomic E-state index is 0.117. The number of rotatable bonds is 10. The summed E-state index contributed by atoms with van der Waals surface area (Å²) in [4.78, 5) is 28.3. The van der Waals surface area contributed by atoms with Crippen LogP contribution in [0.25, 0.3) is 0 Å². The number of para-hydroxylation sites is 1. The van der Waals surface area contributed by atoms with Crippen molar-refractivity contribution in [2.24, 2.45) is 0 Å². The van der Waals surface area contributed by atoms with Crippen molar-refractivity contribution in [3.63, 3.8) is 0 Å². The number of halogens is 1. The summed E-state index contributed by atoms with van der Waals surface area (Å²) in [5, 5.41) is 3.66. The molecule has 1 saturated carbocycles. The molecule has 1 aliphatic carbocycles. The monoisotopic (exact) mass is 505 g/mol. The topological polar surface area (TPSA) is 86.8 Å². The number of carbonyl (C=O) groups excluding carboxylic acids is 2. The zero-order valence-electron chi connectivity index (χ0n) is 19.6. The summed E-state index contributed by atoms with van der Waals surface area (Å²) in [5.74, 6) is -0.653. The Labute approximate surface area is 207 Å². The van der Waals surface area contributed by atoms with Crippen molar-refractivity contribution in [1.82, 2.24) is 10.2 Å². The zero-order valence-corrected chi connectivity index (χ0v) is 21.2. The fraction of sp³-hybridized carbons (Fsp3) is 0.440. The van der Waals surface area contributed by atoms with Gasteiger partial charge in [-0.15, -0.1) is 0 Å². The van der Waals surface area contributed by atoms with E-state index in [1.54, 1.807) is 54.6 Å². The molecule has 0 radical (unpaired) electrons. The van der Waals surface area contributed by atoms with E-state index in [4.69, 9.17) is 11.6 Å². The lowest BCUT2D eigenvalue weighted by Gasteiger charge is -2.33. The molecule has 0 spiro atoms. The highest BCUT2D eigenvalue weighted by molar-refractivity contribution is 7.92. The second-order valence-corrected chi connectivity index (χ2v) is 11.0. The summed E-state index contributed by atoms with van der Waals surface area (Å²) in [5.41, 5.74) is 1.20. The molecule has 34 heavy (non-hydrogen) atoms. The van der Waals surface area contributed by atoms with E-state index in [9.17, 15) is 18.0 Å². The molecular formula is C25H32ClN3O4S. The minimum Gasteiger partial charge on any atom is -0.352 e. The maximum absolute atomic E-state index is 13.6. The molecule has 2 amide bonds. The summed E-state index contributed by atoms with van der Waals surface area (Å²) in [7, 11) is -3.73. The smallest absolute Gasteiger partial charge is 0.244 e. The van der Waals surface area contributed by atoms with E-state index in [2.05, 4.69) is 5.32 Å². The molecular weight excluding hydrogens is 474 g/mol. The Hall–Kier alpha value is -2.58. The van der Waals surface area contributed by atoms with Gasteiger partial charge < -0.3 is 10.2 Å². The van der Waals surface area contributed by atoms with Crippen LogP contribution >= 0.6 is 11.6 Å². The Morgan fingerprint density at radius 2 is 1.68 bits per heavy atom. The van der Waals surface area contributed by atoms with Crippen molar-refractivity contribution in [3.05, 3.63) is 65.2 Å². The first-order chi connectivity index (χ1) is 16.2. The van der Waals surface area contributed by atoms with Gasteiger partial charge in [-0.2, -0.15) is 0 Å². The number of nitrogens with one attached hydrogen (secondary N) is 1. The first kappa shape index (κ1) is 26.0. The lowest BCUT2D eigenvalue weighted by Crippen LogP contribution is -2.53. The first-order valence-electron chi connectivity index (χ1n) is 11.6. The van der Waals surface area contributed by atoms with Crippen LogP contribution in [0, 0.1) is 0 Å². The van der Waals surface area contributed by atoms with Gasteiger partial charge in [-0.1, -0.05) is 61.7 Å². The second kappa shape index (κ2) is 11.7. The number of sulfonamides is 1. The number of hydrogen-bond donors (Lipinski definition) is 1. The van der Waals surface area contributed by atoms with Crippen molar-refractivity contribution >= 4 is 39.1 Å². The molecule has 0 aliphatic heterocycles. The van der Waals surface area contributed by atoms with E-state index < -0.39 is 28.5 Å². The molecule has 3 rings (SSSR count). The van der Waals surface area contributed by atoms with Crippen LogP contribution in [0.1, 0.15) is 44.6 Å². The summed E-state index contributed by atoms with van der Waals surface area (Å²) >= 11 is 6.02. The summed E-state index contributed by atoms with van der Waals surface area (Å²) in [6.07, 6.45) is 5.50. The average molecular weight is 506 g/mol. The number of amides is 2. The third-order valence-corrected chi connectivity index (χ3v) is 7.47. The average Bonchev–Trinajstić information content (AvgIpc) is 3.31.